The number of nitrogens with zero attached hydrogens (tertiary/aromatic N) is 4. The van der Waals surface area contributed by atoms with Gasteiger partial charge in [-0.05, 0) is 50.9 Å². The standard InChI is InChI=1S/C19H31N5O/c25-13-17-3-1-2-8-24(17)19-11-18(20-14-21-19)22-16-6-9-23(10-7-16)12-15-4-5-15/h11,14-17,25H,1-10,12-13H2,(H,20,21,22). The smallest absolute Gasteiger partial charge is 0.134 e. The molecule has 0 bridgehead atoms. The van der Waals surface area contributed by atoms with E-state index in [0.29, 0.717) is 6.04 Å². The van der Waals surface area contributed by atoms with Crippen molar-refractivity contribution in [3.63, 3.8) is 0 Å². The summed E-state index contributed by atoms with van der Waals surface area (Å²) in [6, 6.07) is 2.76. The summed E-state index contributed by atoms with van der Waals surface area (Å²) >= 11 is 0. The second-order valence-electron chi connectivity index (χ2n) is 7.95. The Hall–Kier alpha value is -1.40. The van der Waals surface area contributed by atoms with Crippen LogP contribution >= 0.6 is 0 Å². The van der Waals surface area contributed by atoms with Crippen LogP contribution in [0.5, 0.6) is 0 Å². The van der Waals surface area contributed by atoms with Gasteiger partial charge in [0.25, 0.3) is 0 Å². The van der Waals surface area contributed by atoms with E-state index < -0.39 is 0 Å². The van der Waals surface area contributed by atoms with E-state index in [1.54, 1.807) is 6.33 Å². The maximum absolute atomic E-state index is 9.64. The minimum Gasteiger partial charge on any atom is -0.394 e. The Bertz CT molecular complexity index is 557. The van der Waals surface area contributed by atoms with Gasteiger partial charge in [-0.2, -0.15) is 0 Å². The SMILES string of the molecule is OCC1CCCCN1c1cc(NC2CCN(CC3CC3)CC2)ncn1. The number of aliphatic hydroxyl groups is 1. The van der Waals surface area contributed by atoms with Crippen LogP contribution in [0.2, 0.25) is 0 Å². The van der Waals surface area contributed by atoms with E-state index in [-0.39, 0.29) is 12.6 Å². The molecule has 2 aliphatic heterocycles. The van der Waals surface area contributed by atoms with Crippen LogP contribution < -0.4 is 10.2 Å². The Morgan fingerprint density at radius 2 is 1.88 bits per heavy atom. The van der Waals surface area contributed by atoms with Crippen molar-refractivity contribution in [2.75, 3.05) is 43.0 Å². The maximum Gasteiger partial charge on any atom is 0.134 e. The van der Waals surface area contributed by atoms with E-state index >= 15 is 0 Å². The number of hydrogen-bond acceptors (Lipinski definition) is 6. The molecule has 0 amide bonds. The molecule has 1 saturated carbocycles. The van der Waals surface area contributed by atoms with Gasteiger partial charge in [-0.3, -0.25) is 0 Å². The second-order valence-corrected chi connectivity index (χ2v) is 7.95. The highest BCUT2D eigenvalue weighted by Gasteiger charge is 2.27. The van der Waals surface area contributed by atoms with E-state index in [9.17, 15) is 5.11 Å². The maximum atomic E-state index is 9.64. The highest BCUT2D eigenvalue weighted by atomic mass is 16.3. The first kappa shape index (κ1) is 17.0. The lowest BCUT2D eigenvalue weighted by atomic mass is 10.0. The molecule has 138 valence electrons. The zero-order valence-electron chi connectivity index (χ0n) is 15.1. The molecule has 6 nitrogen and oxygen atoms in total. The van der Waals surface area contributed by atoms with Crippen molar-refractivity contribution in [1.82, 2.24) is 14.9 Å². The molecule has 3 fully saturated rings. The van der Waals surface area contributed by atoms with Gasteiger partial charge in [0.05, 0.1) is 12.6 Å². The summed E-state index contributed by atoms with van der Waals surface area (Å²) in [6.07, 6.45) is 10.3. The first-order chi connectivity index (χ1) is 12.3. The van der Waals surface area contributed by atoms with Gasteiger partial charge in [0.1, 0.15) is 18.0 Å². The fourth-order valence-corrected chi connectivity index (χ4v) is 4.21. The average molecular weight is 345 g/mol. The number of likely N-dealkylation sites (tertiary alicyclic amines) is 1. The minimum atomic E-state index is 0.196. The van der Waals surface area contributed by atoms with Crippen molar-refractivity contribution in [2.24, 2.45) is 5.92 Å². The molecule has 1 atom stereocenters. The van der Waals surface area contributed by atoms with Gasteiger partial charge < -0.3 is 20.2 Å². The number of piperidine rings is 2. The van der Waals surface area contributed by atoms with Crippen LogP contribution in [0.25, 0.3) is 0 Å². The summed E-state index contributed by atoms with van der Waals surface area (Å²) in [4.78, 5) is 13.8. The first-order valence-electron chi connectivity index (χ1n) is 10.0. The molecule has 3 aliphatic rings. The van der Waals surface area contributed by atoms with Gasteiger partial charge in [-0.25, -0.2) is 9.97 Å². The first-order valence-corrected chi connectivity index (χ1v) is 10.0. The molecular weight excluding hydrogens is 314 g/mol. The Labute approximate surface area is 150 Å². The highest BCUT2D eigenvalue weighted by Crippen LogP contribution is 2.31. The Morgan fingerprint density at radius 3 is 2.64 bits per heavy atom. The van der Waals surface area contributed by atoms with Gasteiger partial charge >= 0.3 is 0 Å². The van der Waals surface area contributed by atoms with Crippen LogP contribution in [0, 0.1) is 5.92 Å². The van der Waals surface area contributed by atoms with E-state index in [1.165, 1.54) is 58.2 Å². The van der Waals surface area contributed by atoms with Crippen LogP contribution in [0.3, 0.4) is 0 Å². The van der Waals surface area contributed by atoms with Crippen LogP contribution in [0.15, 0.2) is 12.4 Å². The molecule has 1 unspecified atom stereocenters. The second kappa shape index (κ2) is 7.87. The molecule has 25 heavy (non-hydrogen) atoms. The van der Waals surface area contributed by atoms with Crippen molar-refractivity contribution in [3.05, 3.63) is 12.4 Å². The van der Waals surface area contributed by atoms with Crippen molar-refractivity contribution in [3.8, 4) is 0 Å². The third-order valence-corrected chi connectivity index (χ3v) is 5.94. The molecule has 1 aromatic heterocycles. The predicted octanol–water partition coefficient (Wildman–Crippen LogP) is 2.11. The lowest BCUT2D eigenvalue weighted by molar-refractivity contribution is 0.211. The topological polar surface area (TPSA) is 64.5 Å². The summed E-state index contributed by atoms with van der Waals surface area (Å²) < 4.78 is 0. The number of aromatic nitrogens is 2. The largest absolute Gasteiger partial charge is 0.394 e. The van der Waals surface area contributed by atoms with Gasteiger partial charge in [-0.1, -0.05) is 0 Å². The number of rotatable bonds is 6. The van der Waals surface area contributed by atoms with E-state index in [0.717, 1.165) is 30.5 Å². The Morgan fingerprint density at radius 1 is 1.04 bits per heavy atom. The number of aliphatic hydroxyl groups excluding tert-OH is 1. The van der Waals surface area contributed by atoms with Gasteiger partial charge in [0.15, 0.2) is 0 Å². The van der Waals surface area contributed by atoms with Crippen molar-refractivity contribution < 1.29 is 5.11 Å². The van der Waals surface area contributed by atoms with Crippen LogP contribution in [-0.4, -0.2) is 64.8 Å². The summed E-state index contributed by atoms with van der Waals surface area (Å²) in [7, 11) is 0. The van der Waals surface area contributed by atoms with Gasteiger partial charge in [0, 0.05) is 38.3 Å². The van der Waals surface area contributed by atoms with Crippen LogP contribution in [0.4, 0.5) is 11.6 Å². The summed E-state index contributed by atoms with van der Waals surface area (Å²) in [5, 5.41) is 13.3. The normalized spacial score (nSPS) is 26.0. The molecule has 0 aromatic carbocycles. The fourth-order valence-electron chi connectivity index (χ4n) is 4.21. The monoisotopic (exact) mass is 345 g/mol. The Balaban J connectivity index is 1.33. The predicted molar refractivity (Wildman–Crippen MR) is 99.9 cm³/mol. The molecule has 3 heterocycles. The number of hydrogen-bond donors (Lipinski definition) is 2. The fraction of sp³-hybridized carbons (Fsp3) is 0.789. The van der Waals surface area contributed by atoms with Crippen molar-refractivity contribution in [1.29, 1.82) is 0 Å². The third kappa shape index (κ3) is 4.42. The molecule has 2 saturated heterocycles. The van der Waals surface area contributed by atoms with Gasteiger partial charge in [-0.15, -0.1) is 0 Å². The molecule has 1 aromatic rings. The number of nitrogens with one attached hydrogen (secondary N) is 1. The number of anilines is 2. The Kier molecular flexibility index (Phi) is 5.36. The van der Waals surface area contributed by atoms with Gasteiger partial charge in [0.2, 0.25) is 0 Å². The van der Waals surface area contributed by atoms with Crippen molar-refractivity contribution >= 4 is 11.6 Å². The molecule has 0 radical (unpaired) electrons. The molecular formula is C19H31N5O. The van der Waals surface area contributed by atoms with E-state index in [4.69, 9.17) is 0 Å². The zero-order valence-corrected chi connectivity index (χ0v) is 15.1. The lowest BCUT2D eigenvalue weighted by Crippen LogP contribution is -2.42. The average Bonchev–Trinajstić information content (AvgIpc) is 3.48. The molecule has 0 spiro atoms. The molecule has 2 N–H and O–H groups in total. The highest BCUT2D eigenvalue weighted by molar-refractivity contribution is 5.50. The summed E-state index contributed by atoms with van der Waals surface area (Å²) in [6.45, 7) is 4.88. The minimum absolute atomic E-state index is 0.196. The quantitative estimate of drug-likeness (QED) is 0.823. The summed E-state index contributed by atoms with van der Waals surface area (Å²) in [5.74, 6) is 2.85. The van der Waals surface area contributed by atoms with Crippen molar-refractivity contribution in [2.45, 2.75) is 57.0 Å². The lowest BCUT2D eigenvalue weighted by Gasteiger charge is -2.36. The van der Waals surface area contributed by atoms with Crippen LogP contribution in [0.1, 0.15) is 44.9 Å². The van der Waals surface area contributed by atoms with E-state index in [2.05, 4.69) is 31.2 Å². The molecule has 6 heteroatoms. The molecule has 1 aliphatic carbocycles. The zero-order chi connectivity index (χ0) is 17.1. The summed E-state index contributed by atoms with van der Waals surface area (Å²) in [5.41, 5.74) is 0. The van der Waals surface area contributed by atoms with Crippen LogP contribution in [-0.2, 0) is 0 Å². The van der Waals surface area contributed by atoms with E-state index in [1.807, 2.05) is 0 Å². The third-order valence-electron chi connectivity index (χ3n) is 5.94. The molecule has 4 rings (SSSR count).